The van der Waals surface area contributed by atoms with Crippen molar-refractivity contribution in [2.75, 3.05) is 25.5 Å². The number of hydrogen-bond donors (Lipinski definition) is 2. The van der Waals surface area contributed by atoms with Gasteiger partial charge < -0.3 is 15.8 Å². The number of nitrogens with two attached hydrogens (primary N) is 1. The lowest BCUT2D eigenvalue weighted by Gasteiger charge is -2.18. The zero-order chi connectivity index (χ0) is 11.4. The van der Waals surface area contributed by atoms with Gasteiger partial charge >= 0.3 is 0 Å². The van der Waals surface area contributed by atoms with Crippen molar-refractivity contribution in [3.05, 3.63) is 11.3 Å². The number of hydrogen-bond acceptors (Lipinski definition) is 5. The van der Waals surface area contributed by atoms with Crippen LogP contribution in [0.1, 0.15) is 24.1 Å². The molecule has 0 bridgehead atoms. The molecule has 0 amide bonds. The number of aromatic nitrogens is 2. The van der Waals surface area contributed by atoms with Crippen LogP contribution in [0.15, 0.2) is 0 Å². The minimum Gasteiger partial charge on any atom is -0.481 e. The van der Waals surface area contributed by atoms with Gasteiger partial charge in [0, 0.05) is 18.7 Å². The summed E-state index contributed by atoms with van der Waals surface area (Å²) in [6, 6.07) is 0. The largest absolute Gasteiger partial charge is 0.481 e. The molecule has 0 fully saturated rings. The van der Waals surface area contributed by atoms with Gasteiger partial charge in [-0.1, -0.05) is 0 Å². The van der Waals surface area contributed by atoms with E-state index in [2.05, 4.69) is 15.3 Å². The molecule has 0 atom stereocenters. The Morgan fingerprint density at radius 3 is 2.88 bits per heavy atom. The van der Waals surface area contributed by atoms with Crippen LogP contribution in [0.4, 0.5) is 5.95 Å². The first-order valence-corrected chi connectivity index (χ1v) is 5.73. The fraction of sp³-hybridized carbons (Fsp3) is 0.636. The molecule has 1 aliphatic carbocycles. The lowest BCUT2D eigenvalue weighted by atomic mass is 9.97. The van der Waals surface area contributed by atoms with Crippen molar-refractivity contribution in [1.29, 1.82) is 0 Å². The highest BCUT2D eigenvalue weighted by Gasteiger charge is 2.17. The number of methoxy groups -OCH3 is 1. The third-order valence-corrected chi connectivity index (χ3v) is 2.77. The van der Waals surface area contributed by atoms with Gasteiger partial charge in [-0.05, 0) is 25.7 Å². The van der Waals surface area contributed by atoms with Crippen molar-refractivity contribution in [3.8, 4) is 5.88 Å². The second-order valence-corrected chi connectivity index (χ2v) is 3.90. The predicted molar refractivity (Wildman–Crippen MR) is 62.8 cm³/mol. The van der Waals surface area contributed by atoms with E-state index in [9.17, 15) is 0 Å². The van der Waals surface area contributed by atoms with Crippen LogP contribution in [0.3, 0.4) is 0 Å². The van der Waals surface area contributed by atoms with Gasteiger partial charge in [0.2, 0.25) is 11.8 Å². The molecule has 0 unspecified atom stereocenters. The summed E-state index contributed by atoms with van der Waals surface area (Å²) in [5.74, 6) is 1.34. The first-order valence-electron chi connectivity index (χ1n) is 5.73. The highest BCUT2D eigenvalue weighted by atomic mass is 16.5. The molecule has 0 saturated carbocycles. The van der Waals surface area contributed by atoms with Crippen LogP contribution < -0.4 is 15.8 Å². The fourth-order valence-electron chi connectivity index (χ4n) is 1.99. The second-order valence-electron chi connectivity index (χ2n) is 3.90. The maximum Gasteiger partial charge on any atom is 0.226 e. The molecule has 0 saturated heterocycles. The van der Waals surface area contributed by atoms with E-state index >= 15 is 0 Å². The van der Waals surface area contributed by atoms with Gasteiger partial charge in [-0.15, -0.1) is 0 Å². The van der Waals surface area contributed by atoms with Gasteiger partial charge in [0.15, 0.2) is 0 Å². The van der Waals surface area contributed by atoms with Crippen LogP contribution in [0, 0.1) is 0 Å². The van der Waals surface area contributed by atoms with E-state index in [-0.39, 0.29) is 0 Å². The van der Waals surface area contributed by atoms with Crippen LogP contribution in [0.5, 0.6) is 5.88 Å². The molecule has 0 aliphatic heterocycles. The van der Waals surface area contributed by atoms with E-state index in [1.165, 1.54) is 18.4 Å². The zero-order valence-electron chi connectivity index (χ0n) is 9.62. The topological polar surface area (TPSA) is 73.1 Å². The van der Waals surface area contributed by atoms with Gasteiger partial charge in [-0.3, -0.25) is 0 Å². The summed E-state index contributed by atoms with van der Waals surface area (Å²) < 4.78 is 5.31. The van der Waals surface area contributed by atoms with Crippen molar-refractivity contribution in [2.45, 2.75) is 25.7 Å². The third-order valence-electron chi connectivity index (χ3n) is 2.77. The van der Waals surface area contributed by atoms with Gasteiger partial charge in [0.1, 0.15) is 0 Å². The molecule has 88 valence electrons. The van der Waals surface area contributed by atoms with Crippen molar-refractivity contribution in [2.24, 2.45) is 5.73 Å². The maximum absolute atomic E-state index is 5.44. The molecule has 1 aliphatic rings. The Hall–Kier alpha value is -1.36. The van der Waals surface area contributed by atoms with Crippen LogP contribution in [-0.2, 0) is 12.8 Å². The van der Waals surface area contributed by atoms with E-state index in [0.717, 1.165) is 18.5 Å². The molecule has 1 heterocycles. The monoisotopic (exact) mass is 222 g/mol. The number of anilines is 1. The Kier molecular flexibility index (Phi) is 3.56. The molecular formula is C11H18N4O. The predicted octanol–water partition coefficient (Wildman–Crippen LogP) is 0.735. The van der Waals surface area contributed by atoms with Gasteiger partial charge in [-0.25, -0.2) is 4.98 Å². The van der Waals surface area contributed by atoms with E-state index in [4.69, 9.17) is 10.5 Å². The molecule has 0 aromatic carbocycles. The lowest BCUT2D eigenvalue weighted by molar-refractivity contribution is 0.387. The lowest BCUT2D eigenvalue weighted by Crippen LogP contribution is -2.17. The molecule has 1 aromatic heterocycles. The Labute approximate surface area is 95.4 Å². The second kappa shape index (κ2) is 5.12. The quantitative estimate of drug-likeness (QED) is 0.786. The van der Waals surface area contributed by atoms with Crippen LogP contribution in [0.2, 0.25) is 0 Å². The summed E-state index contributed by atoms with van der Waals surface area (Å²) in [6.45, 7) is 1.25. The summed E-state index contributed by atoms with van der Waals surface area (Å²) in [7, 11) is 1.66. The van der Waals surface area contributed by atoms with Crippen molar-refractivity contribution in [1.82, 2.24) is 9.97 Å². The van der Waals surface area contributed by atoms with Crippen LogP contribution in [0.25, 0.3) is 0 Å². The minimum absolute atomic E-state index is 0.572. The molecule has 0 spiro atoms. The summed E-state index contributed by atoms with van der Waals surface area (Å²) in [5, 5.41) is 3.09. The number of fused-ring (bicyclic) bond motifs is 1. The van der Waals surface area contributed by atoms with Crippen molar-refractivity contribution in [3.63, 3.8) is 0 Å². The standard InChI is InChI=1S/C11H18N4O/c1-16-10-8-4-2-3-5-9(8)14-11(15-10)13-7-6-12/h2-7,12H2,1H3,(H,13,14,15). The average molecular weight is 222 g/mol. The Bertz CT molecular complexity index is 350. The molecule has 2 rings (SSSR count). The SMILES string of the molecule is COc1nc(NCCN)nc2c1CCCC2. The van der Waals surface area contributed by atoms with E-state index in [1.54, 1.807) is 7.11 Å². The van der Waals surface area contributed by atoms with Crippen molar-refractivity contribution >= 4 is 5.95 Å². The highest BCUT2D eigenvalue weighted by Crippen LogP contribution is 2.27. The summed E-state index contributed by atoms with van der Waals surface area (Å²) in [4.78, 5) is 8.84. The number of nitrogens with one attached hydrogen (secondary N) is 1. The molecule has 5 nitrogen and oxygen atoms in total. The summed E-state index contributed by atoms with van der Waals surface area (Å²) in [5.41, 5.74) is 7.73. The number of ether oxygens (including phenoxy) is 1. The van der Waals surface area contributed by atoms with Gasteiger partial charge in [-0.2, -0.15) is 4.98 Å². The number of aryl methyl sites for hydroxylation is 1. The molecule has 3 N–H and O–H groups in total. The van der Waals surface area contributed by atoms with Crippen LogP contribution >= 0.6 is 0 Å². The average Bonchev–Trinajstić information content (AvgIpc) is 2.35. The van der Waals surface area contributed by atoms with Crippen LogP contribution in [-0.4, -0.2) is 30.2 Å². The molecule has 1 aromatic rings. The normalized spacial score (nSPS) is 14.4. The van der Waals surface area contributed by atoms with Gasteiger partial charge in [0.05, 0.1) is 12.8 Å². The van der Waals surface area contributed by atoms with E-state index in [0.29, 0.717) is 24.9 Å². The first-order chi connectivity index (χ1) is 7.85. The molecule has 5 heteroatoms. The smallest absolute Gasteiger partial charge is 0.226 e. The fourth-order valence-corrected chi connectivity index (χ4v) is 1.99. The van der Waals surface area contributed by atoms with E-state index < -0.39 is 0 Å². The molecular weight excluding hydrogens is 204 g/mol. The first kappa shape index (κ1) is 11.1. The Balaban J connectivity index is 2.28. The summed E-state index contributed by atoms with van der Waals surface area (Å²) in [6.07, 6.45) is 4.44. The Morgan fingerprint density at radius 1 is 1.31 bits per heavy atom. The third kappa shape index (κ3) is 2.24. The summed E-state index contributed by atoms with van der Waals surface area (Å²) >= 11 is 0. The van der Waals surface area contributed by atoms with Crippen molar-refractivity contribution < 1.29 is 4.74 Å². The Morgan fingerprint density at radius 2 is 2.12 bits per heavy atom. The van der Waals surface area contributed by atoms with Gasteiger partial charge in [0.25, 0.3) is 0 Å². The molecule has 0 radical (unpaired) electrons. The highest BCUT2D eigenvalue weighted by molar-refractivity contribution is 5.39. The molecule has 16 heavy (non-hydrogen) atoms. The zero-order valence-corrected chi connectivity index (χ0v) is 9.62. The minimum atomic E-state index is 0.572. The number of rotatable bonds is 4. The number of nitrogens with zero attached hydrogens (tertiary/aromatic N) is 2. The van der Waals surface area contributed by atoms with E-state index in [1.807, 2.05) is 0 Å². The maximum atomic E-state index is 5.44.